The van der Waals surface area contributed by atoms with Crippen molar-refractivity contribution < 1.29 is 58.2 Å². The second-order valence-electron chi connectivity index (χ2n) is 20.3. The van der Waals surface area contributed by atoms with Crippen molar-refractivity contribution in [3.8, 4) is 0 Å². The molecule has 430 valence electrons. The molecule has 1 rings (SSSR count). The minimum absolute atomic E-state index is 0.153. The van der Waals surface area contributed by atoms with E-state index in [-0.39, 0.29) is 25.9 Å². The lowest BCUT2D eigenvalue weighted by molar-refractivity contribution is -0.301. The molecule has 0 spiro atoms. The van der Waals surface area contributed by atoms with Gasteiger partial charge in [0.15, 0.2) is 24.6 Å². The van der Waals surface area contributed by atoms with Gasteiger partial charge in [-0.25, -0.2) is 4.79 Å². The largest absolute Gasteiger partial charge is 0.479 e. The predicted molar refractivity (Wildman–Crippen MR) is 303 cm³/mol. The molecule has 1 heterocycles. The Balaban J connectivity index is 2.73. The summed E-state index contributed by atoms with van der Waals surface area (Å²) in [5.41, 5.74) is 0. The van der Waals surface area contributed by atoms with Crippen LogP contribution >= 0.6 is 0 Å². The Kier molecular flexibility index (Phi) is 47.0. The highest BCUT2D eigenvalue weighted by atomic mass is 16.7. The minimum atomic E-state index is -1.93. The summed E-state index contributed by atoms with van der Waals surface area (Å²) >= 11 is 0. The lowest BCUT2D eigenvalue weighted by Gasteiger charge is -2.40. The highest BCUT2D eigenvalue weighted by molar-refractivity contribution is 5.74. The summed E-state index contributed by atoms with van der Waals surface area (Å²) in [6, 6.07) is 0. The highest BCUT2D eigenvalue weighted by Crippen LogP contribution is 2.26. The van der Waals surface area contributed by atoms with Crippen molar-refractivity contribution >= 4 is 23.9 Å². The zero-order chi connectivity index (χ0) is 54.7. The van der Waals surface area contributed by atoms with Crippen LogP contribution in [0.2, 0.25) is 0 Å². The number of carboxylic acid groups (broad SMARTS) is 1. The molecule has 0 aromatic rings. The number of aliphatic hydroxyl groups excluding tert-OH is 2. The molecule has 0 saturated carbocycles. The molecule has 0 bridgehead atoms. The number of aliphatic carboxylic acids is 1. The van der Waals surface area contributed by atoms with Crippen molar-refractivity contribution in [3.63, 3.8) is 0 Å². The van der Waals surface area contributed by atoms with Crippen LogP contribution < -0.4 is 0 Å². The van der Waals surface area contributed by atoms with E-state index in [1.807, 2.05) is 12.2 Å². The standard InChI is InChI=1S/C63H106O12/c1-4-7-10-13-16-19-22-25-27-28-30-32-34-37-40-43-46-49-55(64)71-52-54(73-56(65)50-47-44-41-38-35-31-24-21-18-15-12-9-6-3)53-72-63-61(59(68)58(67)60(75-63)62(69)70)74-57(66)51-48-45-42-39-36-33-29-26-23-20-17-14-11-8-5-2/h8,11,17,20,25-27,29,36,39,45,48,54,58-61,63,67-68H,4-7,9-10,12-16,18-19,21-24,28,30-35,37-38,40-44,46-47,49-53H2,1-3H3,(H,69,70)/b11-8-,20-17-,27-25-,29-26-,39-36-,48-45-. The normalized spacial score (nSPS) is 18.7. The van der Waals surface area contributed by atoms with Crippen LogP contribution in [0.5, 0.6) is 0 Å². The molecule has 0 aromatic heterocycles. The fraction of sp³-hybridized carbons (Fsp3) is 0.746. The number of unbranched alkanes of at least 4 members (excludes halogenated alkanes) is 25. The SMILES string of the molecule is CC/C=C\C/C=C\C/C=C\C/C=C\C/C=C\CC(=O)OC1C(OCC(COC(=O)CCCCCCCCC/C=C\CCCCCCCC)OC(=O)CCCCCCCCCCCCCCC)OC(C(=O)O)C(O)C1O. The maximum absolute atomic E-state index is 13.1. The van der Waals surface area contributed by atoms with Gasteiger partial charge in [0.05, 0.1) is 13.0 Å². The predicted octanol–water partition coefficient (Wildman–Crippen LogP) is 15.3. The number of carboxylic acids is 1. The lowest BCUT2D eigenvalue weighted by atomic mass is 9.98. The Morgan fingerprint density at radius 3 is 1.33 bits per heavy atom. The van der Waals surface area contributed by atoms with Crippen LogP contribution in [0.3, 0.4) is 0 Å². The number of esters is 3. The molecule has 0 aromatic carbocycles. The van der Waals surface area contributed by atoms with Gasteiger partial charge in [0.1, 0.15) is 18.8 Å². The molecule has 1 aliphatic rings. The highest BCUT2D eigenvalue weighted by Gasteiger charge is 2.50. The third kappa shape index (κ3) is 41.0. The Morgan fingerprint density at radius 1 is 0.467 bits per heavy atom. The maximum Gasteiger partial charge on any atom is 0.335 e. The molecule has 1 saturated heterocycles. The summed E-state index contributed by atoms with van der Waals surface area (Å²) in [6.45, 7) is 5.84. The van der Waals surface area contributed by atoms with Gasteiger partial charge in [0, 0.05) is 12.8 Å². The molecule has 0 amide bonds. The van der Waals surface area contributed by atoms with Crippen molar-refractivity contribution in [2.24, 2.45) is 0 Å². The van der Waals surface area contributed by atoms with E-state index < -0.39 is 67.3 Å². The molecule has 1 fully saturated rings. The number of allylic oxidation sites excluding steroid dienone is 11. The number of hydrogen-bond donors (Lipinski definition) is 3. The number of carbonyl (C=O) groups excluding carboxylic acids is 3. The first kappa shape index (κ1) is 69.2. The van der Waals surface area contributed by atoms with Crippen LogP contribution in [0, 0.1) is 0 Å². The number of hydrogen-bond acceptors (Lipinski definition) is 11. The van der Waals surface area contributed by atoms with Crippen LogP contribution in [0.4, 0.5) is 0 Å². The van der Waals surface area contributed by atoms with Crippen molar-refractivity contribution in [2.75, 3.05) is 13.2 Å². The van der Waals surface area contributed by atoms with Gasteiger partial charge in [0.25, 0.3) is 0 Å². The second-order valence-corrected chi connectivity index (χ2v) is 20.3. The van der Waals surface area contributed by atoms with E-state index in [2.05, 4.69) is 69.4 Å². The fourth-order valence-corrected chi connectivity index (χ4v) is 8.73. The number of carbonyl (C=O) groups is 4. The third-order valence-electron chi connectivity index (χ3n) is 13.3. The first-order chi connectivity index (χ1) is 36.6. The van der Waals surface area contributed by atoms with Crippen LogP contribution in [-0.4, -0.2) is 89.2 Å². The van der Waals surface area contributed by atoms with Crippen LogP contribution in [0.25, 0.3) is 0 Å². The fourth-order valence-electron chi connectivity index (χ4n) is 8.73. The van der Waals surface area contributed by atoms with Crippen molar-refractivity contribution in [3.05, 3.63) is 72.9 Å². The summed E-state index contributed by atoms with van der Waals surface area (Å²) in [5, 5.41) is 31.4. The second kappa shape index (κ2) is 50.9. The minimum Gasteiger partial charge on any atom is -0.479 e. The Bertz CT molecular complexity index is 1580. The van der Waals surface area contributed by atoms with E-state index in [1.54, 1.807) is 12.2 Å². The van der Waals surface area contributed by atoms with Crippen LogP contribution in [0.1, 0.15) is 252 Å². The quantitative estimate of drug-likeness (QED) is 0.0228. The maximum atomic E-state index is 13.1. The monoisotopic (exact) mass is 1050 g/mol. The molecule has 1 aliphatic heterocycles. The van der Waals surface area contributed by atoms with E-state index in [9.17, 15) is 34.5 Å². The average molecular weight is 1060 g/mol. The molecule has 0 radical (unpaired) electrons. The van der Waals surface area contributed by atoms with Crippen molar-refractivity contribution in [1.29, 1.82) is 0 Å². The van der Waals surface area contributed by atoms with Gasteiger partial charge in [-0.3, -0.25) is 14.4 Å². The number of aliphatic hydroxyl groups is 2. The molecular weight excluding hydrogens is 949 g/mol. The van der Waals surface area contributed by atoms with Gasteiger partial charge in [-0.1, -0.05) is 235 Å². The van der Waals surface area contributed by atoms with E-state index in [1.165, 1.54) is 122 Å². The smallest absolute Gasteiger partial charge is 0.335 e. The molecule has 6 unspecified atom stereocenters. The van der Waals surface area contributed by atoms with E-state index >= 15 is 0 Å². The van der Waals surface area contributed by atoms with Gasteiger partial charge < -0.3 is 39.0 Å². The van der Waals surface area contributed by atoms with Crippen LogP contribution in [0.15, 0.2) is 72.9 Å². The summed E-state index contributed by atoms with van der Waals surface area (Å²) in [4.78, 5) is 51.0. The van der Waals surface area contributed by atoms with Crippen LogP contribution in [-0.2, 0) is 42.9 Å². The molecule has 3 N–H and O–H groups in total. The molecule has 0 aliphatic carbocycles. The van der Waals surface area contributed by atoms with E-state index in [0.29, 0.717) is 19.3 Å². The first-order valence-corrected chi connectivity index (χ1v) is 29.9. The van der Waals surface area contributed by atoms with Gasteiger partial charge >= 0.3 is 23.9 Å². The van der Waals surface area contributed by atoms with Crippen molar-refractivity contribution in [2.45, 2.75) is 289 Å². The van der Waals surface area contributed by atoms with E-state index in [4.69, 9.17) is 23.7 Å². The van der Waals surface area contributed by atoms with Crippen molar-refractivity contribution in [1.82, 2.24) is 0 Å². The molecule has 6 atom stereocenters. The summed E-state index contributed by atoms with van der Waals surface area (Å²) in [5.74, 6) is -3.28. The number of rotatable bonds is 50. The zero-order valence-corrected chi connectivity index (χ0v) is 47.3. The summed E-state index contributed by atoms with van der Waals surface area (Å²) in [7, 11) is 0. The van der Waals surface area contributed by atoms with E-state index in [0.717, 1.165) is 70.6 Å². The third-order valence-corrected chi connectivity index (χ3v) is 13.3. The Hall–Kier alpha value is -3.84. The number of ether oxygens (including phenoxy) is 5. The summed E-state index contributed by atoms with van der Waals surface area (Å²) in [6.07, 6.45) is 51.8. The molecular formula is C63H106O12. The average Bonchev–Trinajstić information content (AvgIpc) is 3.39. The van der Waals surface area contributed by atoms with Gasteiger partial charge in [-0.2, -0.15) is 0 Å². The molecule has 12 nitrogen and oxygen atoms in total. The zero-order valence-electron chi connectivity index (χ0n) is 47.3. The van der Waals surface area contributed by atoms with Gasteiger partial charge in [-0.15, -0.1) is 0 Å². The summed E-state index contributed by atoms with van der Waals surface area (Å²) < 4.78 is 28.3. The van der Waals surface area contributed by atoms with Gasteiger partial charge in [-0.05, 0) is 70.6 Å². The first-order valence-electron chi connectivity index (χ1n) is 29.9. The molecule has 75 heavy (non-hydrogen) atoms. The molecule has 12 heteroatoms. The van der Waals surface area contributed by atoms with Gasteiger partial charge in [0.2, 0.25) is 0 Å². The lowest BCUT2D eigenvalue weighted by Crippen LogP contribution is -2.61. The Morgan fingerprint density at radius 2 is 0.880 bits per heavy atom. The Labute approximate surface area is 455 Å². The topological polar surface area (TPSA) is 175 Å².